The first kappa shape index (κ1) is 27.6. The van der Waals surface area contributed by atoms with E-state index in [1.54, 1.807) is 18.6 Å². The lowest BCUT2D eigenvalue weighted by Crippen LogP contribution is -2.40. The van der Waals surface area contributed by atoms with Crippen LogP contribution < -0.4 is 24.5 Å². The zero-order valence-corrected chi connectivity index (χ0v) is 25.0. The summed E-state index contributed by atoms with van der Waals surface area (Å²) in [6, 6.07) is 22.1. The van der Waals surface area contributed by atoms with Gasteiger partial charge in [-0.15, -0.1) is 0 Å². The molecule has 1 aromatic heterocycles. The predicted molar refractivity (Wildman–Crippen MR) is 163 cm³/mol. The Labute approximate surface area is 244 Å². The number of esters is 1. The van der Waals surface area contributed by atoms with E-state index in [4.69, 9.17) is 14.5 Å². The number of fused-ring (bicyclic) bond motifs is 1. The van der Waals surface area contributed by atoms with Gasteiger partial charge >= 0.3 is 5.97 Å². The molecule has 204 valence electrons. The summed E-state index contributed by atoms with van der Waals surface area (Å²) in [5.74, 6) is 0.163. The van der Waals surface area contributed by atoms with Crippen molar-refractivity contribution in [2.45, 2.75) is 13.0 Å². The Morgan fingerprint density at radius 2 is 1.82 bits per heavy atom. The van der Waals surface area contributed by atoms with E-state index >= 15 is 0 Å². The Hall–Kier alpha value is -3.95. The number of hydrogen-bond acceptors (Lipinski definition) is 7. The third-order valence-corrected chi connectivity index (χ3v) is 8.17. The summed E-state index contributed by atoms with van der Waals surface area (Å²) in [7, 11) is 5.55. The van der Waals surface area contributed by atoms with Crippen molar-refractivity contribution in [2.24, 2.45) is 4.99 Å². The van der Waals surface area contributed by atoms with Crippen molar-refractivity contribution in [1.82, 2.24) is 4.57 Å². The van der Waals surface area contributed by atoms with Gasteiger partial charge in [0.1, 0.15) is 5.75 Å². The van der Waals surface area contributed by atoms with E-state index in [0.29, 0.717) is 26.4 Å². The first-order valence-electron chi connectivity index (χ1n) is 12.7. The predicted octanol–water partition coefficient (Wildman–Crippen LogP) is 4.77. The van der Waals surface area contributed by atoms with Gasteiger partial charge in [0, 0.05) is 24.1 Å². The number of hydrogen-bond donors (Lipinski definition) is 0. The van der Waals surface area contributed by atoms with Gasteiger partial charge in [0.05, 0.1) is 41.2 Å². The largest absolute Gasteiger partial charge is 0.497 e. The molecule has 4 aromatic rings. The quantitative estimate of drug-likeness (QED) is 0.279. The maximum absolute atomic E-state index is 14.0. The molecule has 0 aliphatic carbocycles. The van der Waals surface area contributed by atoms with Crippen LogP contribution in [-0.4, -0.2) is 38.3 Å². The van der Waals surface area contributed by atoms with Crippen LogP contribution in [0.25, 0.3) is 11.8 Å². The number of carbonyl (C=O) groups is 1. The van der Waals surface area contributed by atoms with E-state index in [9.17, 15) is 9.59 Å². The fourth-order valence-corrected chi connectivity index (χ4v) is 6.42. The minimum atomic E-state index is -0.735. The number of benzene rings is 3. The van der Waals surface area contributed by atoms with Crippen LogP contribution in [0.5, 0.6) is 5.75 Å². The van der Waals surface area contributed by atoms with Gasteiger partial charge in [0.25, 0.3) is 5.56 Å². The number of nitrogens with zero attached hydrogens (tertiary/aromatic N) is 3. The highest BCUT2D eigenvalue weighted by molar-refractivity contribution is 9.10. The molecule has 0 unspecified atom stereocenters. The third kappa shape index (κ3) is 5.26. The average Bonchev–Trinajstić information content (AvgIpc) is 3.26. The van der Waals surface area contributed by atoms with Crippen LogP contribution in [0.15, 0.2) is 92.6 Å². The molecule has 3 aromatic carbocycles. The molecule has 0 bridgehead atoms. The van der Waals surface area contributed by atoms with Crippen LogP contribution in [0.2, 0.25) is 0 Å². The lowest BCUT2D eigenvalue weighted by Gasteiger charge is -2.26. The lowest BCUT2D eigenvalue weighted by molar-refractivity contribution is -0.138. The maximum Gasteiger partial charge on any atom is 0.338 e. The minimum absolute atomic E-state index is 0.196. The molecule has 0 N–H and O–H groups in total. The molecular formula is C31H28BrN3O4S. The Bertz CT molecular complexity index is 1770. The van der Waals surface area contributed by atoms with Gasteiger partial charge in [-0.05, 0) is 64.3 Å². The van der Waals surface area contributed by atoms with Crippen molar-refractivity contribution >= 4 is 50.7 Å². The van der Waals surface area contributed by atoms with Gasteiger partial charge in [-0.2, -0.15) is 0 Å². The molecule has 0 radical (unpaired) electrons. The average molecular weight is 619 g/mol. The first-order valence-corrected chi connectivity index (χ1v) is 14.3. The zero-order valence-electron chi connectivity index (χ0n) is 22.6. The molecule has 1 aliphatic heterocycles. The molecule has 0 saturated carbocycles. The highest BCUT2D eigenvalue weighted by Gasteiger charge is 2.35. The van der Waals surface area contributed by atoms with Crippen LogP contribution in [-0.2, 0) is 9.53 Å². The number of methoxy groups -OCH3 is 1. The molecule has 0 saturated heterocycles. The van der Waals surface area contributed by atoms with E-state index in [1.165, 1.54) is 11.3 Å². The van der Waals surface area contributed by atoms with Gasteiger partial charge in [-0.25, -0.2) is 9.79 Å². The van der Waals surface area contributed by atoms with Crippen LogP contribution >= 0.6 is 27.3 Å². The molecule has 5 rings (SSSR count). The molecule has 0 fully saturated rings. The summed E-state index contributed by atoms with van der Waals surface area (Å²) in [5.41, 5.74) is 4.00. The fourth-order valence-electron chi connectivity index (χ4n) is 4.67. The van der Waals surface area contributed by atoms with Crippen LogP contribution in [0.3, 0.4) is 0 Å². The second kappa shape index (κ2) is 11.7. The smallest absolute Gasteiger partial charge is 0.338 e. The second-order valence-corrected chi connectivity index (χ2v) is 11.2. The van der Waals surface area contributed by atoms with Crippen molar-refractivity contribution in [3.63, 3.8) is 0 Å². The van der Waals surface area contributed by atoms with Gasteiger partial charge in [0.2, 0.25) is 0 Å². The number of thiazole rings is 1. The Morgan fingerprint density at radius 1 is 1.10 bits per heavy atom. The molecular weight excluding hydrogens is 590 g/mol. The van der Waals surface area contributed by atoms with Crippen molar-refractivity contribution in [3.8, 4) is 5.75 Å². The molecule has 0 amide bonds. The van der Waals surface area contributed by atoms with Crippen molar-refractivity contribution in [2.75, 3.05) is 32.7 Å². The minimum Gasteiger partial charge on any atom is -0.497 e. The van der Waals surface area contributed by atoms with E-state index < -0.39 is 12.0 Å². The van der Waals surface area contributed by atoms with Crippen molar-refractivity contribution in [1.29, 1.82) is 0 Å². The van der Waals surface area contributed by atoms with Gasteiger partial charge in [0.15, 0.2) is 4.80 Å². The molecule has 40 heavy (non-hydrogen) atoms. The summed E-state index contributed by atoms with van der Waals surface area (Å²) < 4.78 is 13.9. The third-order valence-electron chi connectivity index (χ3n) is 6.56. The summed E-state index contributed by atoms with van der Waals surface area (Å²) in [5, 5.41) is 0. The van der Waals surface area contributed by atoms with E-state index in [2.05, 4.69) is 15.9 Å². The van der Waals surface area contributed by atoms with Crippen LogP contribution in [0.4, 0.5) is 5.69 Å². The Balaban J connectivity index is 1.78. The molecule has 0 spiro atoms. The lowest BCUT2D eigenvalue weighted by atomic mass is 9.93. The second-order valence-electron chi connectivity index (χ2n) is 9.31. The number of ether oxygens (including phenoxy) is 2. The monoisotopic (exact) mass is 617 g/mol. The SMILES string of the molecule is CCOC(=O)C1=C(c2ccccc2)N=c2s/c(=C\c3ccc(N(C)C)c(Br)c3)c(=O)n2[C@@H]1c1ccc(OC)cc1. The molecule has 1 aliphatic rings. The summed E-state index contributed by atoms with van der Waals surface area (Å²) in [4.78, 5) is 35.0. The number of carbonyl (C=O) groups excluding carboxylic acids is 1. The van der Waals surface area contributed by atoms with E-state index in [1.807, 2.05) is 97.9 Å². The Morgan fingerprint density at radius 3 is 2.45 bits per heavy atom. The molecule has 2 heterocycles. The number of aromatic nitrogens is 1. The summed E-state index contributed by atoms with van der Waals surface area (Å²) >= 11 is 4.93. The number of rotatable bonds is 7. The van der Waals surface area contributed by atoms with Crippen LogP contribution in [0, 0.1) is 0 Å². The maximum atomic E-state index is 14.0. The van der Waals surface area contributed by atoms with E-state index in [0.717, 1.165) is 26.9 Å². The standard InChI is InChI=1S/C31H28BrN3O4S/c1-5-39-30(37)26-27(20-9-7-6-8-10-20)33-31-35(28(26)21-12-14-22(38-4)15-13-21)29(36)25(40-31)18-19-11-16-24(34(2)3)23(32)17-19/h6-18,28H,5H2,1-4H3/b25-18-/t28-/m1/s1. The summed E-state index contributed by atoms with van der Waals surface area (Å²) in [6.45, 7) is 1.96. The van der Waals surface area contributed by atoms with E-state index in [-0.39, 0.29) is 12.2 Å². The van der Waals surface area contributed by atoms with Gasteiger partial charge < -0.3 is 14.4 Å². The van der Waals surface area contributed by atoms with Crippen LogP contribution in [0.1, 0.15) is 29.7 Å². The highest BCUT2D eigenvalue weighted by atomic mass is 79.9. The Kier molecular flexibility index (Phi) is 8.04. The zero-order chi connectivity index (χ0) is 28.4. The van der Waals surface area contributed by atoms with Gasteiger partial charge in [-0.1, -0.05) is 59.9 Å². The normalized spacial score (nSPS) is 14.9. The summed E-state index contributed by atoms with van der Waals surface area (Å²) in [6.07, 6.45) is 1.86. The topological polar surface area (TPSA) is 73.1 Å². The molecule has 9 heteroatoms. The van der Waals surface area contributed by atoms with Gasteiger partial charge in [-0.3, -0.25) is 9.36 Å². The van der Waals surface area contributed by atoms with Crippen molar-refractivity contribution < 1.29 is 14.3 Å². The molecule has 7 nitrogen and oxygen atoms in total. The fraction of sp³-hybridized carbons (Fsp3) is 0.194. The number of anilines is 1. The molecule has 1 atom stereocenters. The first-order chi connectivity index (χ1) is 19.3. The highest BCUT2D eigenvalue weighted by Crippen LogP contribution is 2.35. The van der Waals surface area contributed by atoms with Crippen molar-refractivity contribution in [3.05, 3.63) is 119 Å². The number of halogens is 1.